The topological polar surface area (TPSA) is 17.1 Å². The molecule has 0 saturated carbocycles. The van der Waals surface area contributed by atoms with E-state index in [1.807, 2.05) is 11.8 Å². The average molecular weight is 238 g/mol. The van der Waals surface area contributed by atoms with Gasteiger partial charge < -0.3 is 0 Å². The molecular formula is C14H22OS. The van der Waals surface area contributed by atoms with Crippen LogP contribution in [0.5, 0.6) is 0 Å². The summed E-state index contributed by atoms with van der Waals surface area (Å²) in [5.41, 5.74) is 1.15. The van der Waals surface area contributed by atoms with E-state index in [2.05, 4.69) is 6.08 Å². The van der Waals surface area contributed by atoms with Crippen LogP contribution in [0.3, 0.4) is 0 Å². The van der Waals surface area contributed by atoms with Crippen molar-refractivity contribution >= 4 is 17.5 Å². The summed E-state index contributed by atoms with van der Waals surface area (Å²) in [4.78, 5) is 12.3. The van der Waals surface area contributed by atoms with Gasteiger partial charge in [0.15, 0.2) is 5.78 Å². The highest BCUT2D eigenvalue weighted by molar-refractivity contribution is 8.00. The molecule has 0 aromatic heterocycles. The van der Waals surface area contributed by atoms with Gasteiger partial charge in [0.05, 0.1) is 5.25 Å². The first-order valence-corrected chi connectivity index (χ1v) is 7.77. The Kier molecular flexibility index (Phi) is 4.95. The van der Waals surface area contributed by atoms with E-state index >= 15 is 0 Å². The van der Waals surface area contributed by atoms with Crippen molar-refractivity contribution in [1.82, 2.24) is 0 Å². The Morgan fingerprint density at radius 2 is 2.00 bits per heavy atom. The molecule has 0 N–H and O–H groups in total. The lowest BCUT2D eigenvalue weighted by molar-refractivity contribution is -0.115. The molecule has 0 bridgehead atoms. The molecule has 90 valence electrons. The van der Waals surface area contributed by atoms with Crippen LogP contribution >= 0.6 is 11.8 Å². The molecule has 1 aliphatic carbocycles. The van der Waals surface area contributed by atoms with Gasteiger partial charge in [-0.05, 0) is 49.9 Å². The van der Waals surface area contributed by atoms with Crippen LogP contribution in [0.2, 0.25) is 0 Å². The Labute approximate surface area is 103 Å². The zero-order valence-electron chi connectivity index (χ0n) is 10.0. The third kappa shape index (κ3) is 3.38. The van der Waals surface area contributed by atoms with Crippen LogP contribution in [-0.4, -0.2) is 16.8 Å². The summed E-state index contributed by atoms with van der Waals surface area (Å²) in [7, 11) is 0. The van der Waals surface area contributed by atoms with Crippen LogP contribution in [0.25, 0.3) is 0 Å². The second-order valence-electron chi connectivity index (χ2n) is 4.90. The molecule has 2 aliphatic rings. The Morgan fingerprint density at radius 3 is 2.81 bits per heavy atom. The van der Waals surface area contributed by atoms with Gasteiger partial charge in [0.25, 0.3) is 0 Å². The van der Waals surface area contributed by atoms with E-state index in [-0.39, 0.29) is 0 Å². The highest BCUT2D eigenvalue weighted by Gasteiger charge is 2.24. The summed E-state index contributed by atoms with van der Waals surface area (Å²) >= 11 is 1.89. The second-order valence-corrected chi connectivity index (χ2v) is 6.21. The maximum absolute atomic E-state index is 12.3. The van der Waals surface area contributed by atoms with Gasteiger partial charge in [0.2, 0.25) is 0 Å². The molecule has 1 fully saturated rings. The Bertz CT molecular complexity index is 264. The summed E-state index contributed by atoms with van der Waals surface area (Å²) in [5.74, 6) is 1.65. The van der Waals surface area contributed by atoms with Gasteiger partial charge in [0.1, 0.15) is 0 Å². The smallest absolute Gasteiger partial charge is 0.171 e. The first-order chi connectivity index (χ1) is 7.88. The molecule has 1 atom stereocenters. The van der Waals surface area contributed by atoms with Gasteiger partial charge >= 0.3 is 0 Å². The van der Waals surface area contributed by atoms with Crippen molar-refractivity contribution < 1.29 is 4.79 Å². The van der Waals surface area contributed by atoms with Gasteiger partial charge in [-0.1, -0.05) is 25.3 Å². The monoisotopic (exact) mass is 238 g/mol. The number of rotatable bonds is 2. The first kappa shape index (κ1) is 12.2. The Balaban J connectivity index is 1.95. The number of hydrogen-bond donors (Lipinski definition) is 0. The van der Waals surface area contributed by atoms with Crippen molar-refractivity contribution in [3.05, 3.63) is 11.6 Å². The molecule has 0 amide bonds. The van der Waals surface area contributed by atoms with Crippen LogP contribution < -0.4 is 0 Å². The maximum Gasteiger partial charge on any atom is 0.171 e. The lowest BCUT2D eigenvalue weighted by Gasteiger charge is -2.22. The van der Waals surface area contributed by atoms with Crippen LogP contribution in [0.15, 0.2) is 11.6 Å². The van der Waals surface area contributed by atoms with Crippen LogP contribution in [0, 0.1) is 0 Å². The molecule has 2 rings (SSSR count). The average Bonchev–Trinajstić information content (AvgIpc) is 2.29. The molecule has 1 aliphatic heterocycles. The number of carbonyl (C=O) groups excluding carboxylic acids is 1. The second kappa shape index (κ2) is 6.48. The van der Waals surface area contributed by atoms with Crippen LogP contribution in [0.4, 0.5) is 0 Å². The normalized spacial score (nSPS) is 27.8. The number of hydrogen-bond acceptors (Lipinski definition) is 2. The number of thioether (sulfide) groups is 1. The van der Waals surface area contributed by atoms with Crippen molar-refractivity contribution in [2.24, 2.45) is 0 Å². The number of carbonyl (C=O) groups is 1. The third-order valence-electron chi connectivity index (χ3n) is 3.58. The lowest BCUT2D eigenvalue weighted by atomic mass is 9.94. The van der Waals surface area contributed by atoms with Crippen LogP contribution in [0.1, 0.15) is 57.8 Å². The third-order valence-corrected chi connectivity index (χ3v) is 4.96. The van der Waals surface area contributed by atoms with E-state index < -0.39 is 0 Å². The summed E-state index contributed by atoms with van der Waals surface area (Å²) in [6, 6.07) is 0. The predicted octanol–water partition coefficient (Wildman–Crippen LogP) is 4.12. The fraction of sp³-hybridized carbons (Fsp3) is 0.786. The molecule has 1 saturated heterocycles. The number of Topliss-reactive ketones (excluding diaryl/α,β-unsaturated/α-hetero) is 1. The fourth-order valence-electron chi connectivity index (χ4n) is 2.57. The van der Waals surface area contributed by atoms with Gasteiger partial charge in [0, 0.05) is 0 Å². The van der Waals surface area contributed by atoms with Crippen molar-refractivity contribution in [1.29, 1.82) is 0 Å². The molecule has 0 radical (unpaired) electrons. The molecule has 1 heterocycles. The first-order valence-electron chi connectivity index (χ1n) is 6.73. The maximum atomic E-state index is 12.3. The zero-order chi connectivity index (χ0) is 11.2. The zero-order valence-corrected chi connectivity index (χ0v) is 10.9. The molecule has 1 nitrogen and oxygen atoms in total. The number of ketones is 1. The van der Waals surface area contributed by atoms with Crippen molar-refractivity contribution in [3.63, 3.8) is 0 Å². The van der Waals surface area contributed by atoms with Gasteiger partial charge in [-0.25, -0.2) is 0 Å². The van der Waals surface area contributed by atoms with E-state index in [9.17, 15) is 4.79 Å². The summed E-state index contributed by atoms with van der Waals surface area (Å²) < 4.78 is 0. The van der Waals surface area contributed by atoms with Crippen molar-refractivity contribution in [2.45, 2.75) is 63.0 Å². The quantitative estimate of drug-likeness (QED) is 0.720. The summed E-state index contributed by atoms with van der Waals surface area (Å²) in [5, 5.41) is 0.291. The highest BCUT2D eigenvalue weighted by atomic mass is 32.2. The number of allylic oxidation sites excluding steroid dienone is 2. The van der Waals surface area contributed by atoms with Crippen molar-refractivity contribution in [3.8, 4) is 0 Å². The van der Waals surface area contributed by atoms with E-state index in [1.165, 1.54) is 44.3 Å². The van der Waals surface area contributed by atoms with E-state index in [4.69, 9.17) is 0 Å². The molecular weight excluding hydrogens is 216 g/mol. The minimum absolute atomic E-state index is 0.291. The van der Waals surface area contributed by atoms with Gasteiger partial charge in [-0.15, -0.1) is 0 Å². The minimum Gasteiger partial charge on any atom is -0.293 e. The molecule has 16 heavy (non-hydrogen) atoms. The fourth-order valence-corrected chi connectivity index (χ4v) is 3.86. The SMILES string of the molecule is O=C(C1=CCCCCCC1)C1CCCCS1. The van der Waals surface area contributed by atoms with Crippen LogP contribution in [-0.2, 0) is 4.79 Å². The van der Waals surface area contributed by atoms with E-state index in [0.717, 1.165) is 24.8 Å². The molecule has 0 aromatic carbocycles. The van der Waals surface area contributed by atoms with E-state index in [1.54, 1.807) is 0 Å². The molecule has 0 aromatic rings. The molecule has 0 spiro atoms. The van der Waals surface area contributed by atoms with Gasteiger partial charge in [-0.2, -0.15) is 11.8 Å². The van der Waals surface area contributed by atoms with Gasteiger partial charge in [-0.3, -0.25) is 4.79 Å². The largest absolute Gasteiger partial charge is 0.293 e. The molecule has 1 unspecified atom stereocenters. The lowest BCUT2D eigenvalue weighted by Crippen LogP contribution is -2.22. The standard InChI is InChI=1S/C14H22OS/c15-14(13-10-6-7-11-16-13)12-8-4-2-1-3-5-9-12/h8,13H,1-7,9-11H2. The minimum atomic E-state index is 0.291. The molecule has 2 heteroatoms. The summed E-state index contributed by atoms with van der Waals surface area (Å²) in [6.45, 7) is 0. The summed E-state index contributed by atoms with van der Waals surface area (Å²) in [6.07, 6.45) is 13.2. The highest BCUT2D eigenvalue weighted by Crippen LogP contribution is 2.29. The Hall–Kier alpha value is -0.240. The Morgan fingerprint density at radius 1 is 1.12 bits per heavy atom. The van der Waals surface area contributed by atoms with E-state index in [0.29, 0.717) is 11.0 Å². The van der Waals surface area contributed by atoms with Crippen molar-refractivity contribution in [2.75, 3.05) is 5.75 Å². The predicted molar refractivity (Wildman–Crippen MR) is 70.9 cm³/mol.